The summed E-state index contributed by atoms with van der Waals surface area (Å²) in [6.45, 7) is 1.16. The number of fused-ring (bicyclic) bond motifs is 1. The van der Waals surface area contributed by atoms with Crippen molar-refractivity contribution in [3.63, 3.8) is 0 Å². The number of anilines is 1. The first-order valence-corrected chi connectivity index (χ1v) is 9.56. The molecule has 1 aromatic heterocycles. The Bertz CT molecular complexity index is 1100. The number of aromatic carboxylic acids is 1. The molecule has 9 heteroatoms. The molecule has 3 aliphatic rings. The van der Waals surface area contributed by atoms with E-state index in [1.165, 1.54) is 4.57 Å². The minimum absolute atomic E-state index is 0.00871. The van der Waals surface area contributed by atoms with E-state index in [1.807, 2.05) is 4.90 Å². The SMILES string of the molecule is NC1CC12CCN(c1c(F)cc3c(=O)c(C(=O)O)cn([C@@H]4C[C@@H]4F)c3c1Cl)C2. The zero-order valence-corrected chi connectivity index (χ0v) is 15.5. The van der Waals surface area contributed by atoms with E-state index in [0.29, 0.717) is 13.1 Å². The topological polar surface area (TPSA) is 88.6 Å². The summed E-state index contributed by atoms with van der Waals surface area (Å²) < 4.78 is 30.2. The van der Waals surface area contributed by atoms with Crippen LogP contribution < -0.4 is 16.1 Å². The lowest BCUT2D eigenvalue weighted by Gasteiger charge is -2.23. The molecule has 0 radical (unpaired) electrons. The quantitative estimate of drug-likeness (QED) is 0.813. The predicted octanol–water partition coefficient (Wildman–Crippen LogP) is 2.70. The number of benzene rings is 1. The smallest absolute Gasteiger partial charge is 0.341 e. The number of carboxylic acid groups (broad SMARTS) is 1. The van der Waals surface area contributed by atoms with E-state index in [-0.39, 0.29) is 39.5 Å². The van der Waals surface area contributed by atoms with Crippen LogP contribution in [0.3, 0.4) is 0 Å². The highest BCUT2D eigenvalue weighted by Gasteiger charge is 2.56. The van der Waals surface area contributed by atoms with Gasteiger partial charge in [-0.25, -0.2) is 13.6 Å². The molecule has 2 heterocycles. The Kier molecular flexibility index (Phi) is 3.62. The summed E-state index contributed by atoms with van der Waals surface area (Å²) in [5.41, 5.74) is 5.00. The summed E-state index contributed by atoms with van der Waals surface area (Å²) in [5.74, 6) is -2.14. The molecular weight excluding hydrogens is 392 g/mol. The molecule has 0 amide bonds. The van der Waals surface area contributed by atoms with Gasteiger partial charge in [-0.2, -0.15) is 0 Å². The lowest BCUT2D eigenvalue weighted by Crippen LogP contribution is -2.25. The van der Waals surface area contributed by atoms with Crippen LogP contribution in [-0.4, -0.2) is 40.9 Å². The zero-order chi connectivity index (χ0) is 20.0. The first kappa shape index (κ1) is 17.9. The van der Waals surface area contributed by atoms with E-state index in [9.17, 15) is 19.1 Å². The van der Waals surface area contributed by atoms with Crippen molar-refractivity contribution >= 4 is 34.2 Å². The zero-order valence-electron chi connectivity index (χ0n) is 14.8. The number of pyridine rings is 1. The first-order valence-electron chi connectivity index (χ1n) is 9.18. The highest BCUT2D eigenvalue weighted by Crippen LogP contribution is 2.53. The Labute approximate surface area is 163 Å². The molecule has 0 bridgehead atoms. The summed E-state index contributed by atoms with van der Waals surface area (Å²) in [6, 6.07) is 0.503. The van der Waals surface area contributed by atoms with E-state index >= 15 is 4.39 Å². The summed E-state index contributed by atoms with van der Waals surface area (Å²) in [5, 5.41) is 9.18. The second-order valence-corrected chi connectivity index (χ2v) is 8.54. The number of hydrogen-bond donors (Lipinski definition) is 2. The van der Waals surface area contributed by atoms with Gasteiger partial charge < -0.3 is 20.3 Å². The highest BCUT2D eigenvalue weighted by atomic mass is 35.5. The molecule has 2 unspecified atom stereocenters. The molecule has 4 atom stereocenters. The Morgan fingerprint density at radius 2 is 2.11 bits per heavy atom. The summed E-state index contributed by atoms with van der Waals surface area (Å²) in [4.78, 5) is 25.9. The molecule has 2 aromatic rings. The van der Waals surface area contributed by atoms with Gasteiger partial charge >= 0.3 is 5.97 Å². The lowest BCUT2D eigenvalue weighted by molar-refractivity contribution is 0.0694. The molecule has 1 aliphatic heterocycles. The molecule has 1 saturated heterocycles. The van der Waals surface area contributed by atoms with Crippen molar-refractivity contribution in [2.45, 2.75) is 37.5 Å². The molecule has 1 aromatic carbocycles. The maximum absolute atomic E-state index is 15.0. The lowest BCUT2D eigenvalue weighted by atomic mass is 10.1. The monoisotopic (exact) mass is 409 g/mol. The summed E-state index contributed by atoms with van der Waals surface area (Å²) >= 11 is 6.56. The molecule has 5 rings (SSSR count). The third-order valence-electron chi connectivity index (χ3n) is 6.41. The standard InChI is InChI=1S/C19H18ClF2N3O3/c20-14-15-8(17(26)9(18(27)28)6-25(15)12-4-10(12)21)3-11(22)16(14)24-2-1-19(7-24)5-13(19)23/h3,6,10,12-13H,1-2,4-5,7,23H2,(H,27,28)/t10-,12+,13?,19?/m0/s1. The van der Waals surface area contributed by atoms with Gasteiger partial charge in [0.05, 0.1) is 27.7 Å². The van der Waals surface area contributed by atoms with Crippen molar-refractivity contribution in [1.29, 1.82) is 0 Å². The molecule has 3 N–H and O–H groups in total. The largest absolute Gasteiger partial charge is 0.477 e. The van der Waals surface area contributed by atoms with Crippen LogP contribution in [0, 0.1) is 11.2 Å². The van der Waals surface area contributed by atoms with Gasteiger partial charge in [0, 0.05) is 37.2 Å². The van der Waals surface area contributed by atoms with Gasteiger partial charge in [-0.15, -0.1) is 0 Å². The molecule has 3 fully saturated rings. The number of nitrogens with zero attached hydrogens (tertiary/aromatic N) is 2. The summed E-state index contributed by atoms with van der Waals surface area (Å²) in [7, 11) is 0. The van der Waals surface area contributed by atoms with E-state index < -0.39 is 35.0 Å². The molecular formula is C19H18ClF2N3O3. The minimum atomic E-state index is -1.44. The second kappa shape index (κ2) is 5.67. The maximum atomic E-state index is 15.0. The van der Waals surface area contributed by atoms with Crippen LogP contribution in [0.2, 0.25) is 5.02 Å². The van der Waals surface area contributed by atoms with Crippen LogP contribution in [-0.2, 0) is 0 Å². The van der Waals surface area contributed by atoms with Crippen LogP contribution in [0.5, 0.6) is 0 Å². The number of hydrogen-bond acceptors (Lipinski definition) is 4. The number of carbonyl (C=O) groups is 1. The molecule has 2 aliphatic carbocycles. The Balaban J connectivity index is 1.73. The predicted molar refractivity (Wildman–Crippen MR) is 101 cm³/mol. The van der Waals surface area contributed by atoms with Gasteiger partial charge in [0.25, 0.3) is 0 Å². The fourth-order valence-corrected chi connectivity index (χ4v) is 4.92. The van der Waals surface area contributed by atoms with Crippen molar-refractivity contribution in [1.82, 2.24) is 4.57 Å². The Hall–Kier alpha value is -2.19. The van der Waals surface area contributed by atoms with Crippen LogP contribution in [0.1, 0.15) is 35.7 Å². The number of rotatable bonds is 3. The Morgan fingerprint density at radius 3 is 2.64 bits per heavy atom. The van der Waals surface area contributed by atoms with Crippen molar-refractivity contribution in [3.8, 4) is 0 Å². The van der Waals surface area contributed by atoms with E-state index in [0.717, 1.165) is 25.1 Å². The second-order valence-electron chi connectivity index (χ2n) is 8.17. The highest BCUT2D eigenvalue weighted by molar-refractivity contribution is 6.38. The van der Waals surface area contributed by atoms with Crippen LogP contribution in [0.25, 0.3) is 10.9 Å². The van der Waals surface area contributed by atoms with Crippen molar-refractivity contribution in [2.24, 2.45) is 11.1 Å². The number of aromatic nitrogens is 1. The number of nitrogens with two attached hydrogens (primary N) is 1. The summed E-state index contributed by atoms with van der Waals surface area (Å²) in [6.07, 6.45) is 1.88. The van der Waals surface area contributed by atoms with Crippen LogP contribution in [0.15, 0.2) is 17.1 Å². The molecule has 6 nitrogen and oxygen atoms in total. The van der Waals surface area contributed by atoms with Crippen LogP contribution >= 0.6 is 11.6 Å². The van der Waals surface area contributed by atoms with Gasteiger partial charge in [-0.1, -0.05) is 11.6 Å². The van der Waals surface area contributed by atoms with Gasteiger partial charge in [0.15, 0.2) is 0 Å². The maximum Gasteiger partial charge on any atom is 0.341 e. The third-order valence-corrected chi connectivity index (χ3v) is 6.77. The van der Waals surface area contributed by atoms with E-state index in [1.54, 1.807) is 0 Å². The molecule has 148 valence electrons. The van der Waals surface area contributed by atoms with E-state index in [4.69, 9.17) is 17.3 Å². The number of carboxylic acids is 1. The fourth-order valence-electron chi connectivity index (χ4n) is 4.51. The van der Waals surface area contributed by atoms with Crippen LogP contribution in [0.4, 0.5) is 14.5 Å². The fraction of sp³-hybridized carbons (Fsp3) is 0.474. The normalized spacial score (nSPS) is 31.0. The Morgan fingerprint density at radius 1 is 1.43 bits per heavy atom. The van der Waals surface area contributed by atoms with Crippen molar-refractivity contribution in [3.05, 3.63) is 38.9 Å². The average molecular weight is 410 g/mol. The van der Waals surface area contributed by atoms with Crippen molar-refractivity contribution in [2.75, 3.05) is 18.0 Å². The molecule has 28 heavy (non-hydrogen) atoms. The average Bonchev–Trinajstić information content (AvgIpc) is 3.44. The molecule has 1 spiro atoms. The minimum Gasteiger partial charge on any atom is -0.477 e. The van der Waals surface area contributed by atoms with Gasteiger partial charge in [0.2, 0.25) is 5.43 Å². The van der Waals surface area contributed by atoms with Crippen molar-refractivity contribution < 1.29 is 18.7 Å². The molecule has 2 saturated carbocycles. The van der Waals surface area contributed by atoms with Gasteiger partial charge in [-0.3, -0.25) is 4.79 Å². The first-order chi connectivity index (χ1) is 13.2. The third kappa shape index (κ3) is 2.40. The van der Waals surface area contributed by atoms with E-state index in [2.05, 4.69) is 0 Å². The number of halogens is 3. The van der Waals surface area contributed by atoms with Gasteiger partial charge in [0.1, 0.15) is 17.6 Å². The van der Waals surface area contributed by atoms with Gasteiger partial charge in [-0.05, 0) is 18.9 Å². The number of alkyl halides is 1.